The molecule has 0 aromatic rings. The molecular weight excluding hydrogens is 180 g/mol. The van der Waals surface area contributed by atoms with Crippen molar-refractivity contribution in [3.8, 4) is 0 Å². The zero-order valence-electron chi connectivity index (χ0n) is 9.43. The SMILES string of the molecule is CCOCCCNC(=O)CNC(C)C. The van der Waals surface area contributed by atoms with E-state index >= 15 is 0 Å². The van der Waals surface area contributed by atoms with E-state index in [2.05, 4.69) is 10.6 Å². The molecule has 0 aliphatic rings. The Morgan fingerprint density at radius 1 is 1.43 bits per heavy atom. The predicted octanol–water partition coefficient (Wildman–Crippen LogP) is 0.527. The molecule has 2 N–H and O–H groups in total. The Morgan fingerprint density at radius 3 is 2.71 bits per heavy atom. The highest BCUT2D eigenvalue weighted by atomic mass is 16.5. The van der Waals surface area contributed by atoms with E-state index < -0.39 is 0 Å². The molecule has 4 nitrogen and oxygen atoms in total. The molecule has 0 aromatic carbocycles. The van der Waals surface area contributed by atoms with Gasteiger partial charge in [-0.2, -0.15) is 0 Å². The van der Waals surface area contributed by atoms with Crippen LogP contribution in [0.5, 0.6) is 0 Å². The second-order valence-electron chi connectivity index (χ2n) is 3.44. The van der Waals surface area contributed by atoms with Crippen LogP contribution >= 0.6 is 0 Å². The van der Waals surface area contributed by atoms with Crippen LogP contribution in [0.1, 0.15) is 27.2 Å². The van der Waals surface area contributed by atoms with Gasteiger partial charge in [0.15, 0.2) is 0 Å². The van der Waals surface area contributed by atoms with Crippen molar-refractivity contribution >= 4 is 5.91 Å². The van der Waals surface area contributed by atoms with Crippen molar-refractivity contribution in [2.75, 3.05) is 26.3 Å². The van der Waals surface area contributed by atoms with Crippen molar-refractivity contribution < 1.29 is 9.53 Å². The minimum atomic E-state index is 0.0511. The van der Waals surface area contributed by atoms with Gasteiger partial charge < -0.3 is 15.4 Å². The molecule has 0 unspecified atom stereocenters. The third-order valence-electron chi connectivity index (χ3n) is 1.66. The van der Waals surface area contributed by atoms with E-state index in [1.165, 1.54) is 0 Å². The standard InChI is InChI=1S/C10H22N2O2/c1-4-14-7-5-6-11-10(13)8-12-9(2)3/h9,12H,4-8H2,1-3H3,(H,11,13). The van der Waals surface area contributed by atoms with Crippen molar-refractivity contribution in [1.82, 2.24) is 10.6 Å². The molecule has 0 fully saturated rings. The second kappa shape index (κ2) is 8.97. The van der Waals surface area contributed by atoms with Gasteiger partial charge in [0.05, 0.1) is 6.54 Å². The zero-order chi connectivity index (χ0) is 10.8. The Hall–Kier alpha value is -0.610. The van der Waals surface area contributed by atoms with Crippen LogP contribution in [-0.4, -0.2) is 38.3 Å². The molecule has 14 heavy (non-hydrogen) atoms. The number of hydrogen-bond donors (Lipinski definition) is 2. The number of carbonyl (C=O) groups excluding carboxylic acids is 1. The van der Waals surface area contributed by atoms with Gasteiger partial charge in [0.1, 0.15) is 0 Å². The first kappa shape index (κ1) is 13.4. The van der Waals surface area contributed by atoms with E-state index in [-0.39, 0.29) is 5.91 Å². The van der Waals surface area contributed by atoms with Gasteiger partial charge in [-0.1, -0.05) is 13.8 Å². The maximum Gasteiger partial charge on any atom is 0.233 e. The summed E-state index contributed by atoms with van der Waals surface area (Å²) in [6.07, 6.45) is 0.876. The van der Waals surface area contributed by atoms with Crippen molar-refractivity contribution in [3.63, 3.8) is 0 Å². The number of ether oxygens (including phenoxy) is 1. The summed E-state index contributed by atoms with van der Waals surface area (Å²) < 4.78 is 5.15. The molecule has 0 spiro atoms. The monoisotopic (exact) mass is 202 g/mol. The molecule has 0 atom stereocenters. The summed E-state index contributed by atoms with van der Waals surface area (Å²) >= 11 is 0. The molecule has 0 bridgehead atoms. The lowest BCUT2D eigenvalue weighted by Gasteiger charge is -2.08. The summed E-state index contributed by atoms with van der Waals surface area (Å²) in [4.78, 5) is 11.2. The van der Waals surface area contributed by atoms with Crippen LogP contribution in [0, 0.1) is 0 Å². The Bertz CT molecular complexity index is 149. The molecule has 0 saturated heterocycles. The average Bonchev–Trinajstić information content (AvgIpc) is 2.14. The van der Waals surface area contributed by atoms with Crippen molar-refractivity contribution in [3.05, 3.63) is 0 Å². The van der Waals surface area contributed by atoms with Crippen LogP contribution in [0.25, 0.3) is 0 Å². The zero-order valence-corrected chi connectivity index (χ0v) is 9.43. The van der Waals surface area contributed by atoms with Crippen LogP contribution in [0.3, 0.4) is 0 Å². The number of hydrogen-bond acceptors (Lipinski definition) is 3. The van der Waals surface area contributed by atoms with E-state index in [4.69, 9.17) is 4.74 Å². The highest BCUT2D eigenvalue weighted by Gasteiger charge is 2.00. The summed E-state index contributed by atoms with van der Waals surface area (Å²) in [6.45, 7) is 8.54. The number of rotatable bonds is 8. The molecule has 0 aliphatic heterocycles. The van der Waals surface area contributed by atoms with E-state index in [1.54, 1.807) is 0 Å². The van der Waals surface area contributed by atoms with E-state index in [0.717, 1.165) is 13.0 Å². The second-order valence-corrected chi connectivity index (χ2v) is 3.44. The molecular formula is C10H22N2O2. The summed E-state index contributed by atoms with van der Waals surface area (Å²) in [5, 5.41) is 5.87. The molecule has 0 aromatic heterocycles. The molecule has 0 rings (SSSR count). The first-order chi connectivity index (χ1) is 6.66. The quantitative estimate of drug-likeness (QED) is 0.564. The normalized spacial score (nSPS) is 10.6. The third-order valence-corrected chi connectivity index (χ3v) is 1.66. The van der Waals surface area contributed by atoms with Gasteiger partial charge in [-0.15, -0.1) is 0 Å². The smallest absolute Gasteiger partial charge is 0.233 e. The Morgan fingerprint density at radius 2 is 2.14 bits per heavy atom. The molecule has 0 heterocycles. The van der Waals surface area contributed by atoms with Crippen LogP contribution in [0.2, 0.25) is 0 Å². The van der Waals surface area contributed by atoms with Gasteiger partial charge in [-0.3, -0.25) is 4.79 Å². The van der Waals surface area contributed by atoms with Gasteiger partial charge in [-0.05, 0) is 13.3 Å². The van der Waals surface area contributed by atoms with Gasteiger partial charge in [-0.25, -0.2) is 0 Å². The van der Waals surface area contributed by atoms with Gasteiger partial charge in [0, 0.05) is 25.8 Å². The lowest BCUT2D eigenvalue weighted by molar-refractivity contribution is -0.120. The molecule has 4 heteroatoms. The molecule has 84 valence electrons. The molecule has 1 amide bonds. The summed E-state index contributed by atoms with van der Waals surface area (Å²) in [7, 11) is 0. The number of amides is 1. The molecule has 0 radical (unpaired) electrons. The average molecular weight is 202 g/mol. The number of carbonyl (C=O) groups is 1. The Labute approximate surface area is 86.4 Å². The lowest BCUT2D eigenvalue weighted by atomic mass is 10.4. The van der Waals surface area contributed by atoms with E-state index in [9.17, 15) is 4.79 Å². The fourth-order valence-corrected chi connectivity index (χ4v) is 0.906. The maximum absolute atomic E-state index is 11.2. The fourth-order valence-electron chi connectivity index (χ4n) is 0.906. The lowest BCUT2D eigenvalue weighted by Crippen LogP contribution is -2.37. The van der Waals surface area contributed by atoms with E-state index in [1.807, 2.05) is 20.8 Å². The topological polar surface area (TPSA) is 50.4 Å². The van der Waals surface area contributed by atoms with Crippen molar-refractivity contribution in [1.29, 1.82) is 0 Å². The Balaban J connectivity index is 3.18. The Kier molecular flexibility index (Phi) is 8.57. The predicted molar refractivity (Wildman–Crippen MR) is 57.3 cm³/mol. The van der Waals surface area contributed by atoms with Crippen LogP contribution in [-0.2, 0) is 9.53 Å². The van der Waals surface area contributed by atoms with Gasteiger partial charge >= 0.3 is 0 Å². The highest BCUT2D eigenvalue weighted by Crippen LogP contribution is 1.80. The van der Waals surface area contributed by atoms with Crippen LogP contribution in [0.4, 0.5) is 0 Å². The van der Waals surface area contributed by atoms with Gasteiger partial charge in [0.2, 0.25) is 5.91 Å². The minimum Gasteiger partial charge on any atom is -0.382 e. The maximum atomic E-state index is 11.2. The van der Waals surface area contributed by atoms with E-state index in [0.29, 0.717) is 25.7 Å². The van der Waals surface area contributed by atoms with Crippen molar-refractivity contribution in [2.24, 2.45) is 0 Å². The molecule has 0 aliphatic carbocycles. The first-order valence-corrected chi connectivity index (χ1v) is 5.24. The fraction of sp³-hybridized carbons (Fsp3) is 0.900. The number of nitrogens with one attached hydrogen (secondary N) is 2. The van der Waals surface area contributed by atoms with Crippen LogP contribution < -0.4 is 10.6 Å². The third kappa shape index (κ3) is 9.48. The first-order valence-electron chi connectivity index (χ1n) is 5.24. The van der Waals surface area contributed by atoms with Gasteiger partial charge in [0.25, 0.3) is 0 Å². The molecule has 0 saturated carbocycles. The van der Waals surface area contributed by atoms with Crippen molar-refractivity contribution in [2.45, 2.75) is 33.2 Å². The summed E-state index contributed by atoms with van der Waals surface area (Å²) in [5.74, 6) is 0.0511. The summed E-state index contributed by atoms with van der Waals surface area (Å²) in [6, 6.07) is 0.351. The summed E-state index contributed by atoms with van der Waals surface area (Å²) in [5.41, 5.74) is 0. The largest absolute Gasteiger partial charge is 0.382 e. The van der Waals surface area contributed by atoms with Crippen LogP contribution in [0.15, 0.2) is 0 Å². The minimum absolute atomic E-state index is 0.0511. The highest BCUT2D eigenvalue weighted by molar-refractivity contribution is 5.77.